The molecule has 0 unspecified atom stereocenters. The van der Waals surface area contributed by atoms with Crippen molar-refractivity contribution in [2.24, 2.45) is 0 Å². The van der Waals surface area contributed by atoms with Gasteiger partial charge in [0.05, 0.1) is 17.3 Å². The number of amides is 1. The van der Waals surface area contributed by atoms with Gasteiger partial charge in [0.1, 0.15) is 11.6 Å². The highest BCUT2D eigenvalue weighted by Gasteiger charge is 2.09. The van der Waals surface area contributed by atoms with E-state index in [1.165, 1.54) is 12.3 Å². The smallest absolute Gasteiger partial charge is 0.267 e. The topological polar surface area (TPSA) is 111 Å². The number of nitrogens with zero attached hydrogens (tertiary/aromatic N) is 1. The van der Waals surface area contributed by atoms with Gasteiger partial charge in [-0.05, 0) is 18.2 Å². The van der Waals surface area contributed by atoms with E-state index in [4.69, 9.17) is 27.7 Å². The minimum Gasteiger partial charge on any atom is -0.398 e. The maximum Gasteiger partial charge on any atom is 0.267 e. The third-order valence-electron chi connectivity index (χ3n) is 2.13. The summed E-state index contributed by atoms with van der Waals surface area (Å²) in [7, 11) is 0. The number of hydrogen-bond donors (Lipinski definition) is 4. The van der Waals surface area contributed by atoms with E-state index in [1.54, 1.807) is 18.2 Å². The van der Waals surface area contributed by atoms with Crippen LogP contribution >= 0.6 is 11.6 Å². The first-order chi connectivity index (χ1) is 9.08. The van der Waals surface area contributed by atoms with E-state index in [-0.39, 0.29) is 18.7 Å². The second kappa shape index (κ2) is 7.26. The summed E-state index contributed by atoms with van der Waals surface area (Å²) < 4.78 is 0. The van der Waals surface area contributed by atoms with Crippen molar-refractivity contribution in [3.63, 3.8) is 0 Å². The molecule has 7 heteroatoms. The minimum atomic E-state index is -0.575. The zero-order chi connectivity index (χ0) is 14.3. The molecule has 0 saturated heterocycles. The maximum atomic E-state index is 11.8. The molecule has 1 rings (SSSR count). The van der Waals surface area contributed by atoms with Gasteiger partial charge in [-0.3, -0.25) is 4.79 Å². The van der Waals surface area contributed by atoms with Crippen LogP contribution < -0.4 is 16.4 Å². The van der Waals surface area contributed by atoms with Crippen LogP contribution in [-0.2, 0) is 4.79 Å². The molecule has 1 aromatic carbocycles. The van der Waals surface area contributed by atoms with Crippen molar-refractivity contribution in [2.45, 2.75) is 0 Å². The lowest BCUT2D eigenvalue weighted by Gasteiger charge is -2.06. The van der Waals surface area contributed by atoms with Crippen LogP contribution in [-0.4, -0.2) is 24.2 Å². The average Bonchev–Trinajstić information content (AvgIpc) is 2.39. The fourth-order valence-corrected chi connectivity index (χ4v) is 1.37. The monoisotopic (exact) mass is 280 g/mol. The molecule has 0 aliphatic carbocycles. The molecule has 1 amide bonds. The molecular weight excluding hydrogens is 268 g/mol. The number of nitrogens with one attached hydrogen (secondary N) is 2. The van der Waals surface area contributed by atoms with Crippen LogP contribution in [0.5, 0.6) is 0 Å². The van der Waals surface area contributed by atoms with Gasteiger partial charge in [-0.1, -0.05) is 11.6 Å². The van der Waals surface area contributed by atoms with E-state index < -0.39 is 5.91 Å². The summed E-state index contributed by atoms with van der Waals surface area (Å²) in [4.78, 5) is 11.8. The van der Waals surface area contributed by atoms with Gasteiger partial charge < -0.3 is 21.5 Å². The van der Waals surface area contributed by atoms with Crippen molar-refractivity contribution in [1.82, 2.24) is 5.32 Å². The van der Waals surface area contributed by atoms with Crippen LogP contribution in [0.4, 0.5) is 11.4 Å². The number of benzene rings is 1. The second-order valence-corrected chi connectivity index (χ2v) is 3.95. The van der Waals surface area contributed by atoms with Gasteiger partial charge in [-0.25, -0.2) is 0 Å². The lowest BCUT2D eigenvalue weighted by atomic mass is 10.2. The van der Waals surface area contributed by atoms with Crippen LogP contribution in [0.25, 0.3) is 0 Å². The number of aliphatic hydroxyl groups excluding tert-OH is 1. The van der Waals surface area contributed by atoms with Gasteiger partial charge in [0.2, 0.25) is 0 Å². The summed E-state index contributed by atoms with van der Waals surface area (Å²) in [6.07, 6.45) is 1.24. The van der Waals surface area contributed by atoms with Crippen molar-refractivity contribution in [1.29, 1.82) is 5.26 Å². The number of carbonyl (C=O) groups is 1. The third kappa shape index (κ3) is 4.50. The molecule has 0 bridgehead atoms. The molecule has 0 radical (unpaired) electrons. The van der Waals surface area contributed by atoms with Gasteiger partial charge in [-0.15, -0.1) is 0 Å². The fraction of sp³-hybridized carbons (Fsp3) is 0.167. The number of nitrogens with two attached hydrogens (primary N) is 1. The molecule has 0 aromatic heterocycles. The molecule has 0 atom stereocenters. The molecule has 5 N–H and O–H groups in total. The van der Waals surface area contributed by atoms with Gasteiger partial charge in [-0.2, -0.15) is 5.26 Å². The lowest BCUT2D eigenvalue weighted by Crippen LogP contribution is -2.18. The Balaban J connectivity index is 2.74. The van der Waals surface area contributed by atoms with Crippen LogP contribution in [0, 0.1) is 11.3 Å². The molecule has 0 saturated carbocycles. The van der Waals surface area contributed by atoms with E-state index >= 15 is 0 Å². The summed E-state index contributed by atoms with van der Waals surface area (Å²) in [6, 6.07) is 6.38. The molecule has 0 fully saturated rings. The van der Waals surface area contributed by atoms with Crippen molar-refractivity contribution in [3.05, 3.63) is 35.0 Å². The van der Waals surface area contributed by atoms with Gasteiger partial charge in [0.25, 0.3) is 5.91 Å². The van der Waals surface area contributed by atoms with E-state index in [2.05, 4.69) is 10.6 Å². The Labute approximate surface area is 115 Å². The number of hydrogen-bond acceptors (Lipinski definition) is 5. The standard InChI is InChI=1S/C12H13ClN4O2/c13-10-5-9(1-2-11(10)15)17-12(19)8(6-14)7-16-3-4-18/h1-2,5,7,16,18H,3-4,15H2,(H,17,19)/b8-7-. The number of nitrogen functional groups attached to an aromatic ring is 1. The zero-order valence-corrected chi connectivity index (χ0v) is 10.7. The predicted octanol–water partition coefficient (Wildman–Crippen LogP) is 0.850. The van der Waals surface area contributed by atoms with Gasteiger partial charge >= 0.3 is 0 Å². The van der Waals surface area contributed by atoms with E-state index in [0.717, 1.165) is 0 Å². The van der Waals surface area contributed by atoms with Crippen LogP contribution in [0.15, 0.2) is 30.0 Å². The first-order valence-corrected chi connectivity index (χ1v) is 5.77. The summed E-state index contributed by atoms with van der Waals surface area (Å²) >= 11 is 5.82. The predicted molar refractivity (Wildman–Crippen MR) is 73.3 cm³/mol. The Kier molecular flexibility index (Phi) is 5.67. The number of aliphatic hydroxyl groups is 1. The molecule has 0 aliphatic heterocycles. The molecule has 6 nitrogen and oxygen atoms in total. The largest absolute Gasteiger partial charge is 0.398 e. The highest BCUT2D eigenvalue weighted by molar-refractivity contribution is 6.33. The van der Waals surface area contributed by atoms with Crippen molar-refractivity contribution in [2.75, 3.05) is 24.2 Å². The highest BCUT2D eigenvalue weighted by atomic mass is 35.5. The Morgan fingerprint density at radius 2 is 2.32 bits per heavy atom. The average molecular weight is 281 g/mol. The minimum absolute atomic E-state index is 0.0929. The summed E-state index contributed by atoms with van der Waals surface area (Å²) in [5, 5.41) is 22.9. The number of anilines is 2. The molecule has 100 valence electrons. The van der Waals surface area contributed by atoms with E-state index in [9.17, 15) is 4.79 Å². The Bertz CT molecular complexity index is 537. The highest BCUT2D eigenvalue weighted by Crippen LogP contribution is 2.22. The SMILES string of the molecule is N#C/C(=C/NCCO)C(=O)Nc1ccc(N)c(Cl)c1. The summed E-state index contributed by atoms with van der Waals surface area (Å²) in [5.41, 5.74) is 6.28. The Morgan fingerprint density at radius 1 is 1.58 bits per heavy atom. The Morgan fingerprint density at radius 3 is 2.89 bits per heavy atom. The quantitative estimate of drug-likeness (QED) is 0.276. The first kappa shape index (κ1) is 14.8. The fourth-order valence-electron chi connectivity index (χ4n) is 1.19. The first-order valence-electron chi connectivity index (χ1n) is 5.39. The van der Waals surface area contributed by atoms with Crippen molar-refractivity contribution in [3.8, 4) is 6.07 Å². The maximum absolute atomic E-state index is 11.8. The third-order valence-corrected chi connectivity index (χ3v) is 2.45. The lowest BCUT2D eigenvalue weighted by molar-refractivity contribution is -0.112. The van der Waals surface area contributed by atoms with E-state index in [1.807, 2.05) is 0 Å². The number of halogens is 1. The van der Waals surface area contributed by atoms with Crippen LogP contribution in [0.2, 0.25) is 5.02 Å². The van der Waals surface area contributed by atoms with E-state index in [0.29, 0.717) is 16.4 Å². The zero-order valence-electron chi connectivity index (χ0n) is 9.98. The summed E-state index contributed by atoms with van der Waals surface area (Å²) in [5.74, 6) is -0.575. The van der Waals surface area contributed by atoms with Gasteiger partial charge in [0.15, 0.2) is 0 Å². The number of nitriles is 1. The molecule has 0 spiro atoms. The number of carbonyl (C=O) groups excluding carboxylic acids is 1. The summed E-state index contributed by atoms with van der Waals surface area (Å²) in [6.45, 7) is 0.163. The second-order valence-electron chi connectivity index (χ2n) is 3.54. The van der Waals surface area contributed by atoms with Crippen molar-refractivity contribution >= 4 is 28.9 Å². The Hall–Kier alpha value is -2.23. The molecule has 0 aliphatic rings. The molecular formula is C12H13ClN4O2. The normalized spacial score (nSPS) is 10.7. The van der Waals surface area contributed by atoms with Crippen molar-refractivity contribution < 1.29 is 9.90 Å². The van der Waals surface area contributed by atoms with Crippen LogP contribution in [0.1, 0.15) is 0 Å². The van der Waals surface area contributed by atoms with Gasteiger partial charge in [0, 0.05) is 18.4 Å². The molecule has 19 heavy (non-hydrogen) atoms. The molecule has 0 heterocycles. The number of rotatable bonds is 5. The van der Waals surface area contributed by atoms with Crippen LogP contribution in [0.3, 0.4) is 0 Å². The molecule has 1 aromatic rings.